The van der Waals surface area contributed by atoms with Gasteiger partial charge in [-0.1, -0.05) is 22.4 Å². The summed E-state index contributed by atoms with van der Waals surface area (Å²) in [5, 5.41) is 9.56. The number of rotatable bonds is 2. The molecular weight excluding hydrogens is 258 g/mol. The zero-order chi connectivity index (χ0) is 10.8. The van der Waals surface area contributed by atoms with Gasteiger partial charge in [0, 0.05) is 24.3 Å². The fraction of sp³-hybridized carbons (Fsp3) is 0.909. The number of carbonyl (C=O) groups is 1. The van der Waals surface area contributed by atoms with Crippen molar-refractivity contribution in [3.63, 3.8) is 0 Å². The zero-order valence-corrected chi connectivity index (χ0v) is 10.4. The van der Waals surface area contributed by atoms with Crippen molar-refractivity contribution in [2.45, 2.75) is 43.0 Å². The molecule has 3 nitrogen and oxygen atoms in total. The molecule has 1 saturated carbocycles. The predicted molar refractivity (Wildman–Crippen MR) is 61.9 cm³/mol. The summed E-state index contributed by atoms with van der Waals surface area (Å²) in [5.41, 5.74) is 0. The van der Waals surface area contributed by atoms with Gasteiger partial charge < -0.3 is 10.0 Å². The minimum absolute atomic E-state index is 0.138. The number of amides is 1. The molecule has 1 amide bonds. The maximum Gasteiger partial charge on any atom is 0.223 e. The van der Waals surface area contributed by atoms with Crippen molar-refractivity contribution in [3.8, 4) is 0 Å². The van der Waals surface area contributed by atoms with Gasteiger partial charge in [0.25, 0.3) is 0 Å². The first-order chi connectivity index (χ1) is 7.15. The Kier molecular flexibility index (Phi) is 3.67. The Morgan fingerprint density at radius 3 is 2.87 bits per heavy atom. The molecule has 0 aromatic carbocycles. The largest absolute Gasteiger partial charge is 0.393 e. The van der Waals surface area contributed by atoms with Crippen LogP contribution in [-0.2, 0) is 4.79 Å². The highest BCUT2D eigenvalue weighted by Crippen LogP contribution is 2.27. The van der Waals surface area contributed by atoms with Gasteiger partial charge in [0.15, 0.2) is 0 Å². The highest BCUT2D eigenvalue weighted by Gasteiger charge is 2.30. The van der Waals surface area contributed by atoms with Crippen LogP contribution in [0.2, 0.25) is 0 Å². The summed E-state index contributed by atoms with van der Waals surface area (Å²) in [5.74, 6) is 0.771. The molecule has 0 spiro atoms. The summed E-state index contributed by atoms with van der Waals surface area (Å²) in [6.07, 6.45) is 4.57. The molecule has 2 aliphatic rings. The fourth-order valence-electron chi connectivity index (χ4n) is 2.64. The molecule has 1 N–H and O–H groups in total. The van der Waals surface area contributed by atoms with Crippen LogP contribution >= 0.6 is 15.9 Å². The number of aliphatic hydroxyl groups excluding tert-OH is 1. The molecule has 1 saturated heterocycles. The molecule has 3 atom stereocenters. The van der Waals surface area contributed by atoms with Crippen molar-refractivity contribution in [1.29, 1.82) is 0 Å². The molecule has 1 aliphatic carbocycles. The maximum atomic E-state index is 11.6. The van der Waals surface area contributed by atoms with Crippen molar-refractivity contribution in [2.24, 2.45) is 5.92 Å². The topological polar surface area (TPSA) is 40.5 Å². The Labute approximate surface area is 99.0 Å². The van der Waals surface area contributed by atoms with Gasteiger partial charge in [0.2, 0.25) is 5.91 Å². The Bertz CT molecular complexity index is 247. The molecule has 1 aliphatic heterocycles. The van der Waals surface area contributed by atoms with E-state index < -0.39 is 0 Å². The second-order valence-electron chi connectivity index (χ2n) is 4.79. The van der Waals surface area contributed by atoms with E-state index in [-0.39, 0.29) is 12.0 Å². The van der Waals surface area contributed by atoms with Crippen LogP contribution in [0.4, 0.5) is 0 Å². The molecule has 2 rings (SSSR count). The maximum absolute atomic E-state index is 11.6. The van der Waals surface area contributed by atoms with Crippen LogP contribution in [0.3, 0.4) is 0 Å². The van der Waals surface area contributed by atoms with Gasteiger partial charge in [0.1, 0.15) is 0 Å². The normalized spacial score (nSPS) is 37.3. The average molecular weight is 276 g/mol. The average Bonchev–Trinajstić information content (AvgIpc) is 2.45. The van der Waals surface area contributed by atoms with E-state index in [0.29, 0.717) is 17.2 Å². The summed E-state index contributed by atoms with van der Waals surface area (Å²) in [7, 11) is 0. The van der Waals surface area contributed by atoms with Crippen LogP contribution in [0.1, 0.15) is 32.1 Å². The summed E-state index contributed by atoms with van der Waals surface area (Å²) >= 11 is 3.48. The quantitative estimate of drug-likeness (QED) is 0.777. The van der Waals surface area contributed by atoms with Gasteiger partial charge in [-0.05, 0) is 25.2 Å². The Morgan fingerprint density at radius 1 is 1.47 bits per heavy atom. The summed E-state index contributed by atoms with van der Waals surface area (Å²) in [6, 6.07) is 0. The monoisotopic (exact) mass is 275 g/mol. The lowest BCUT2D eigenvalue weighted by Gasteiger charge is -2.29. The molecule has 0 aromatic rings. The number of alkyl halides is 1. The standard InChI is InChI=1S/C11H18BrNO2/c12-9-5-11(15)13(7-9)6-8-2-1-3-10(14)4-8/h8-10,14H,1-7H2. The first-order valence-electron chi connectivity index (χ1n) is 5.75. The van der Waals surface area contributed by atoms with E-state index >= 15 is 0 Å². The molecule has 0 radical (unpaired) electrons. The molecule has 1 heterocycles. The van der Waals surface area contributed by atoms with E-state index in [9.17, 15) is 9.90 Å². The first-order valence-corrected chi connectivity index (χ1v) is 6.66. The third kappa shape index (κ3) is 2.94. The second-order valence-corrected chi connectivity index (χ2v) is 6.08. The summed E-state index contributed by atoms with van der Waals surface area (Å²) < 4.78 is 0. The van der Waals surface area contributed by atoms with Crippen LogP contribution in [-0.4, -0.2) is 39.9 Å². The highest BCUT2D eigenvalue weighted by molar-refractivity contribution is 9.09. The third-order valence-corrected chi connectivity index (χ3v) is 4.01. The van der Waals surface area contributed by atoms with Gasteiger partial charge in [-0.2, -0.15) is 0 Å². The minimum atomic E-state index is -0.138. The molecule has 3 unspecified atom stereocenters. The predicted octanol–water partition coefficient (Wildman–Crippen LogP) is 1.53. The molecule has 0 bridgehead atoms. The first kappa shape index (κ1) is 11.4. The number of halogens is 1. The Morgan fingerprint density at radius 2 is 2.27 bits per heavy atom. The molecule has 86 valence electrons. The number of nitrogens with zero attached hydrogens (tertiary/aromatic N) is 1. The van der Waals surface area contributed by atoms with Crippen molar-refractivity contribution in [1.82, 2.24) is 4.90 Å². The van der Waals surface area contributed by atoms with Crippen molar-refractivity contribution >= 4 is 21.8 Å². The van der Waals surface area contributed by atoms with E-state index in [1.807, 2.05) is 4.90 Å². The zero-order valence-electron chi connectivity index (χ0n) is 8.86. The molecule has 2 fully saturated rings. The SMILES string of the molecule is O=C1CC(Br)CN1CC1CCCC(O)C1. The van der Waals surface area contributed by atoms with E-state index in [0.717, 1.165) is 38.8 Å². The van der Waals surface area contributed by atoms with Gasteiger partial charge in [-0.3, -0.25) is 4.79 Å². The number of carbonyl (C=O) groups excluding carboxylic acids is 1. The summed E-state index contributed by atoms with van der Waals surface area (Å²) in [4.78, 5) is 13.9. The smallest absolute Gasteiger partial charge is 0.223 e. The van der Waals surface area contributed by atoms with Crippen LogP contribution in [0.15, 0.2) is 0 Å². The van der Waals surface area contributed by atoms with Crippen molar-refractivity contribution < 1.29 is 9.90 Å². The van der Waals surface area contributed by atoms with Gasteiger partial charge in [-0.25, -0.2) is 0 Å². The van der Waals surface area contributed by atoms with Crippen molar-refractivity contribution in [3.05, 3.63) is 0 Å². The lowest BCUT2D eigenvalue weighted by Crippen LogP contribution is -2.34. The summed E-state index contributed by atoms with van der Waals surface area (Å²) in [6.45, 7) is 1.68. The van der Waals surface area contributed by atoms with Crippen LogP contribution in [0.25, 0.3) is 0 Å². The van der Waals surface area contributed by atoms with E-state index in [2.05, 4.69) is 15.9 Å². The molecular formula is C11H18BrNO2. The molecule has 4 heteroatoms. The van der Waals surface area contributed by atoms with E-state index in [1.165, 1.54) is 0 Å². The number of aliphatic hydroxyl groups is 1. The number of likely N-dealkylation sites (tertiary alicyclic amines) is 1. The number of hydrogen-bond acceptors (Lipinski definition) is 2. The van der Waals surface area contributed by atoms with Crippen LogP contribution < -0.4 is 0 Å². The van der Waals surface area contributed by atoms with Crippen LogP contribution in [0.5, 0.6) is 0 Å². The Hall–Kier alpha value is -0.0900. The van der Waals surface area contributed by atoms with Crippen molar-refractivity contribution in [2.75, 3.05) is 13.1 Å². The van der Waals surface area contributed by atoms with Gasteiger partial charge in [-0.15, -0.1) is 0 Å². The minimum Gasteiger partial charge on any atom is -0.393 e. The fourth-order valence-corrected chi connectivity index (χ4v) is 3.27. The molecule has 15 heavy (non-hydrogen) atoms. The van der Waals surface area contributed by atoms with E-state index in [1.54, 1.807) is 0 Å². The highest BCUT2D eigenvalue weighted by atomic mass is 79.9. The third-order valence-electron chi connectivity index (χ3n) is 3.40. The Balaban J connectivity index is 1.83. The second kappa shape index (κ2) is 4.83. The number of hydrogen-bond donors (Lipinski definition) is 1. The van der Waals surface area contributed by atoms with Gasteiger partial charge in [0.05, 0.1) is 6.10 Å². The van der Waals surface area contributed by atoms with Crippen LogP contribution in [0, 0.1) is 5.92 Å². The molecule has 0 aromatic heterocycles. The van der Waals surface area contributed by atoms with E-state index in [4.69, 9.17) is 0 Å². The lowest BCUT2D eigenvalue weighted by atomic mass is 9.87. The van der Waals surface area contributed by atoms with Gasteiger partial charge >= 0.3 is 0 Å². The lowest BCUT2D eigenvalue weighted by molar-refractivity contribution is -0.128.